The first-order valence-corrected chi connectivity index (χ1v) is 8.12. The van der Waals surface area contributed by atoms with Crippen molar-refractivity contribution in [1.29, 1.82) is 0 Å². The van der Waals surface area contributed by atoms with Gasteiger partial charge in [0.2, 0.25) is 0 Å². The van der Waals surface area contributed by atoms with Crippen LogP contribution in [0.3, 0.4) is 0 Å². The minimum absolute atomic E-state index is 0.0256. The molecule has 3 aromatic rings. The lowest BCUT2D eigenvalue weighted by Gasteiger charge is -2.16. The van der Waals surface area contributed by atoms with Gasteiger partial charge in [-0.1, -0.05) is 6.07 Å². The van der Waals surface area contributed by atoms with Crippen LogP contribution in [0.1, 0.15) is 17.0 Å². The van der Waals surface area contributed by atoms with Crippen molar-refractivity contribution in [2.45, 2.75) is 18.8 Å². The highest BCUT2D eigenvalue weighted by Gasteiger charge is 2.39. The quantitative estimate of drug-likeness (QED) is 0.631. The van der Waals surface area contributed by atoms with Gasteiger partial charge in [-0.25, -0.2) is 4.39 Å². The van der Waals surface area contributed by atoms with Crippen molar-refractivity contribution in [3.05, 3.63) is 53.2 Å². The molecule has 2 aromatic heterocycles. The Labute approximate surface area is 160 Å². The maximum absolute atomic E-state index is 14.2. The van der Waals surface area contributed by atoms with E-state index in [-0.39, 0.29) is 30.4 Å². The molecule has 5 nitrogen and oxygen atoms in total. The molecule has 0 fully saturated rings. The minimum Gasteiger partial charge on any atom is -0.333 e. The zero-order valence-electron chi connectivity index (χ0n) is 14.9. The van der Waals surface area contributed by atoms with Gasteiger partial charge in [-0.2, -0.15) is 26.3 Å². The Balaban J connectivity index is 0.00000145. The molecule has 158 valence electrons. The summed E-state index contributed by atoms with van der Waals surface area (Å²) < 4.78 is 94.1. The summed E-state index contributed by atoms with van der Waals surface area (Å²) in [6, 6.07) is 2.07. The van der Waals surface area contributed by atoms with Crippen molar-refractivity contribution >= 4 is 5.52 Å². The Kier molecular flexibility index (Phi) is 6.48. The van der Waals surface area contributed by atoms with Crippen LogP contribution in [0.5, 0.6) is 0 Å². The molecule has 0 saturated carbocycles. The van der Waals surface area contributed by atoms with Crippen molar-refractivity contribution in [1.82, 2.24) is 14.6 Å². The van der Waals surface area contributed by atoms with Gasteiger partial charge in [-0.05, 0) is 31.8 Å². The number of fused-ring (bicyclic) bond motifs is 1. The predicted octanol–water partition coefficient (Wildman–Crippen LogP) is 3.65. The van der Waals surface area contributed by atoms with Crippen LogP contribution < -0.4 is 11.5 Å². The number of alkyl halides is 6. The van der Waals surface area contributed by atoms with Gasteiger partial charge < -0.3 is 11.5 Å². The van der Waals surface area contributed by atoms with Crippen molar-refractivity contribution in [2.75, 3.05) is 13.6 Å². The molecule has 0 radical (unpaired) electrons. The van der Waals surface area contributed by atoms with E-state index in [1.165, 1.54) is 17.6 Å². The fraction of sp³-hybridized carbons (Fsp3) is 0.294. The Hall–Kier alpha value is -2.73. The first kappa shape index (κ1) is 22.6. The topological polar surface area (TPSA) is 82.2 Å². The van der Waals surface area contributed by atoms with Gasteiger partial charge in [0.1, 0.15) is 17.0 Å². The van der Waals surface area contributed by atoms with Gasteiger partial charge in [0.25, 0.3) is 0 Å². The highest BCUT2D eigenvalue weighted by atomic mass is 19.4. The molecule has 3 rings (SSSR count). The average Bonchev–Trinajstić information content (AvgIpc) is 3.04. The maximum Gasteiger partial charge on any atom is 0.417 e. The van der Waals surface area contributed by atoms with E-state index in [0.29, 0.717) is 12.1 Å². The van der Waals surface area contributed by atoms with E-state index in [4.69, 9.17) is 5.73 Å². The largest absolute Gasteiger partial charge is 0.417 e. The van der Waals surface area contributed by atoms with Crippen LogP contribution in [0.4, 0.5) is 30.7 Å². The molecule has 1 aromatic carbocycles. The van der Waals surface area contributed by atoms with E-state index < -0.39 is 40.6 Å². The second kappa shape index (κ2) is 8.33. The highest BCUT2D eigenvalue weighted by Crippen LogP contribution is 2.41. The molecule has 4 N–H and O–H groups in total. The molecular weight excluding hydrogens is 407 g/mol. The summed E-state index contributed by atoms with van der Waals surface area (Å²) in [6.45, 7) is 0.136. The molecule has 0 atom stereocenters. The third kappa shape index (κ3) is 4.48. The van der Waals surface area contributed by atoms with Gasteiger partial charge in [0.05, 0.1) is 11.1 Å². The summed E-state index contributed by atoms with van der Waals surface area (Å²) in [4.78, 5) is 0. The standard InChI is InChI=1S/C16H11F7N4.CH5N/c17-11-4-6-27-12(3-5-24)25-26-13(14(11)27)9-2-1-8(15(18,19)20)7-10(9)16(21,22)23;1-2/h1-2,4,6-7H,3,5,24H2;2H2,1H3. The molecule has 0 unspecified atom stereocenters. The van der Waals surface area contributed by atoms with Crippen LogP contribution in [-0.2, 0) is 18.8 Å². The van der Waals surface area contributed by atoms with E-state index >= 15 is 0 Å². The lowest BCUT2D eigenvalue weighted by Crippen LogP contribution is -2.14. The van der Waals surface area contributed by atoms with Gasteiger partial charge in [-0.3, -0.25) is 4.40 Å². The molecule has 0 amide bonds. The number of benzene rings is 1. The van der Waals surface area contributed by atoms with Crippen molar-refractivity contribution < 1.29 is 30.7 Å². The average molecular weight is 423 g/mol. The molecule has 0 aliphatic carbocycles. The van der Waals surface area contributed by atoms with E-state index in [0.717, 1.165) is 6.07 Å². The number of halogens is 7. The van der Waals surface area contributed by atoms with Gasteiger partial charge in [-0.15, -0.1) is 10.2 Å². The Morgan fingerprint density at radius 1 is 0.966 bits per heavy atom. The highest BCUT2D eigenvalue weighted by molar-refractivity contribution is 5.80. The van der Waals surface area contributed by atoms with Crippen molar-refractivity contribution in [2.24, 2.45) is 11.5 Å². The summed E-state index contributed by atoms with van der Waals surface area (Å²) in [5.41, 5.74) is 5.32. The molecule has 2 heterocycles. The number of nitrogens with zero attached hydrogens (tertiary/aromatic N) is 3. The van der Waals surface area contributed by atoms with Crippen LogP contribution in [0.15, 0.2) is 30.5 Å². The number of hydrogen-bond donors (Lipinski definition) is 2. The predicted molar refractivity (Wildman–Crippen MR) is 91.3 cm³/mol. The summed E-state index contributed by atoms with van der Waals surface area (Å²) in [7, 11) is 1.50. The Bertz CT molecular complexity index is 992. The first-order valence-electron chi connectivity index (χ1n) is 8.12. The molecule has 12 heteroatoms. The second-order valence-electron chi connectivity index (χ2n) is 5.64. The summed E-state index contributed by atoms with van der Waals surface area (Å²) in [5.74, 6) is -0.674. The zero-order chi connectivity index (χ0) is 22.0. The number of rotatable bonds is 3. The molecule has 0 saturated heterocycles. The molecular formula is C17H16F7N5. The second-order valence-corrected chi connectivity index (χ2v) is 5.64. The SMILES string of the molecule is CN.NCCc1nnc(-c2ccc(C(F)(F)F)cc2C(F)(F)F)c2c(F)ccn12. The van der Waals surface area contributed by atoms with Crippen LogP contribution in [0, 0.1) is 5.82 Å². The normalized spacial score (nSPS) is 12.1. The monoisotopic (exact) mass is 423 g/mol. The van der Waals surface area contributed by atoms with Crippen LogP contribution in [-0.4, -0.2) is 28.2 Å². The van der Waals surface area contributed by atoms with E-state index in [1.54, 1.807) is 0 Å². The molecule has 29 heavy (non-hydrogen) atoms. The third-order valence-electron chi connectivity index (χ3n) is 3.88. The number of hydrogen-bond acceptors (Lipinski definition) is 4. The van der Waals surface area contributed by atoms with E-state index in [2.05, 4.69) is 15.9 Å². The Morgan fingerprint density at radius 2 is 1.62 bits per heavy atom. The summed E-state index contributed by atoms with van der Waals surface area (Å²) >= 11 is 0. The van der Waals surface area contributed by atoms with Crippen LogP contribution in [0.25, 0.3) is 16.8 Å². The molecule has 0 aliphatic rings. The van der Waals surface area contributed by atoms with Gasteiger partial charge in [0, 0.05) is 18.2 Å². The van der Waals surface area contributed by atoms with E-state index in [1.807, 2.05) is 0 Å². The fourth-order valence-electron chi connectivity index (χ4n) is 2.70. The maximum atomic E-state index is 14.2. The third-order valence-corrected chi connectivity index (χ3v) is 3.88. The molecule has 0 spiro atoms. The van der Waals surface area contributed by atoms with Crippen LogP contribution >= 0.6 is 0 Å². The van der Waals surface area contributed by atoms with Crippen molar-refractivity contribution in [3.63, 3.8) is 0 Å². The molecule has 0 bridgehead atoms. The fourth-order valence-corrected chi connectivity index (χ4v) is 2.70. The van der Waals surface area contributed by atoms with Crippen LogP contribution in [0.2, 0.25) is 0 Å². The number of nitrogens with two attached hydrogens (primary N) is 2. The van der Waals surface area contributed by atoms with Gasteiger partial charge >= 0.3 is 12.4 Å². The Morgan fingerprint density at radius 3 is 2.17 bits per heavy atom. The minimum atomic E-state index is -5.12. The lowest BCUT2D eigenvalue weighted by atomic mass is 10.00. The first-order chi connectivity index (χ1) is 13.5. The number of aromatic nitrogens is 3. The lowest BCUT2D eigenvalue weighted by molar-refractivity contribution is -0.142. The summed E-state index contributed by atoms with van der Waals surface area (Å²) in [5, 5.41) is 7.40. The smallest absolute Gasteiger partial charge is 0.333 e. The summed E-state index contributed by atoms with van der Waals surface area (Å²) in [6.07, 6.45) is -8.67. The van der Waals surface area contributed by atoms with E-state index in [9.17, 15) is 30.7 Å². The van der Waals surface area contributed by atoms with Crippen molar-refractivity contribution in [3.8, 4) is 11.3 Å². The molecule has 0 aliphatic heterocycles. The van der Waals surface area contributed by atoms with Gasteiger partial charge in [0.15, 0.2) is 5.82 Å². The zero-order valence-corrected chi connectivity index (χ0v) is 14.9.